The van der Waals surface area contributed by atoms with Crippen molar-refractivity contribution in [2.45, 2.75) is 12.5 Å². The summed E-state index contributed by atoms with van der Waals surface area (Å²) in [5.74, 6) is 0.779. The molecule has 1 aliphatic heterocycles. The van der Waals surface area contributed by atoms with Crippen molar-refractivity contribution in [1.82, 2.24) is 14.7 Å². The highest BCUT2D eigenvalue weighted by Crippen LogP contribution is 2.33. The number of likely N-dealkylation sites (tertiary alicyclic amines) is 1. The number of hydrogen-bond donors (Lipinski definition) is 2. The number of nitrogen functional groups attached to an aromatic ring is 1. The van der Waals surface area contributed by atoms with Crippen molar-refractivity contribution in [1.29, 1.82) is 0 Å². The van der Waals surface area contributed by atoms with E-state index in [2.05, 4.69) is 11.7 Å². The van der Waals surface area contributed by atoms with Crippen LogP contribution < -0.4 is 16.2 Å². The fourth-order valence-corrected chi connectivity index (χ4v) is 3.75. The van der Waals surface area contributed by atoms with E-state index in [1.54, 1.807) is 33.8 Å². The highest BCUT2D eigenvalue weighted by molar-refractivity contribution is 6.03. The Morgan fingerprint density at radius 2 is 1.77 bits per heavy atom. The normalized spacial score (nSPS) is 15.6. The molecule has 0 radical (unpaired) electrons. The van der Waals surface area contributed by atoms with Gasteiger partial charge in [0.15, 0.2) is 0 Å². The number of hydrogen-bond acceptors (Lipinski definition) is 5. The summed E-state index contributed by atoms with van der Waals surface area (Å²) >= 11 is 0. The van der Waals surface area contributed by atoms with Crippen molar-refractivity contribution >= 4 is 17.6 Å². The Labute approximate surface area is 179 Å². The van der Waals surface area contributed by atoms with Gasteiger partial charge in [-0.1, -0.05) is 24.8 Å². The van der Waals surface area contributed by atoms with Gasteiger partial charge in [-0.25, -0.2) is 4.68 Å². The minimum atomic E-state index is -0.652. The van der Waals surface area contributed by atoms with Crippen molar-refractivity contribution in [2.24, 2.45) is 5.73 Å². The van der Waals surface area contributed by atoms with Gasteiger partial charge in [0.25, 0.3) is 5.91 Å². The molecule has 0 aliphatic carbocycles. The molecule has 1 aliphatic rings. The third kappa shape index (κ3) is 4.00. The lowest BCUT2D eigenvalue weighted by Crippen LogP contribution is -2.27. The largest absolute Gasteiger partial charge is 0.457 e. The Morgan fingerprint density at radius 3 is 2.42 bits per heavy atom. The number of anilines is 1. The molecule has 1 aromatic heterocycles. The zero-order valence-electron chi connectivity index (χ0n) is 16.9. The van der Waals surface area contributed by atoms with Gasteiger partial charge in [-0.05, 0) is 48.9 Å². The van der Waals surface area contributed by atoms with Crippen molar-refractivity contribution < 1.29 is 14.3 Å². The van der Waals surface area contributed by atoms with Crippen LogP contribution in [0, 0.1) is 0 Å². The second-order valence-electron chi connectivity index (χ2n) is 7.29. The first-order valence-electron chi connectivity index (χ1n) is 9.90. The van der Waals surface area contributed by atoms with Gasteiger partial charge in [-0.3, -0.25) is 9.59 Å². The van der Waals surface area contributed by atoms with Crippen LogP contribution in [0.2, 0.25) is 0 Å². The molecule has 2 heterocycles. The number of benzene rings is 2. The predicted octanol–water partition coefficient (Wildman–Crippen LogP) is 2.98. The lowest BCUT2D eigenvalue weighted by Gasteiger charge is -2.15. The summed E-state index contributed by atoms with van der Waals surface area (Å²) in [4.78, 5) is 25.7. The smallest absolute Gasteiger partial charge is 0.254 e. The lowest BCUT2D eigenvalue weighted by atomic mass is 10.1. The fourth-order valence-electron chi connectivity index (χ4n) is 3.75. The average molecular weight is 417 g/mol. The third-order valence-electron chi connectivity index (χ3n) is 5.30. The van der Waals surface area contributed by atoms with E-state index in [0.717, 1.165) is 5.75 Å². The monoisotopic (exact) mass is 417 g/mol. The number of carbonyl (C=O) groups is 2. The molecule has 2 aromatic carbocycles. The zero-order valence-corrected chi connectivity index (χ0v) is 16.9. The van der Waals surface area contributed by atoms with Crippen LogP contribution in [0.3, 0.4) is 0 Å². The molecule has 8 heteroatoms. The molecule has 1 atom stereocenters. The maximum absolute atomic E-state index is 12.2. The number of primary amides is 1. The molecular weight excluding hydrogens is 394 g/mol. The van der Waals surface area contributed by atoms with Gasteiger partial charge in [0.05, 0.1) is 6.04 Å². The van der Waals surface area contributed by atoms with Crippen molar-refractivity contribution in [3.8, 4) is 22.8 Å². The van der Waals surface area contributed by atoms with E-state index in [1.807, 2.05) is 30.3 Å². The van der Waals surface area contributed by atoms with Crippen LogP contribution >= 0.6 is 0 Å². The fraction of sp³-hybridized carbons (Fsp3) is 0.174. The number of carbonyl (C=O) groups excluding carboxylic acids is 2. The highest BCUT2D eigenvalue weighted by Gasteiger charge is 2.31. The van der Waals surface area contributed by atoms with E-state index in [9.17, 15) is 9.59 Å². The SMILES string of the molecule is C=CC(=O)N1CCC(n2nc(-c3ccc(Oc4ccccc4)cc3)c(C(N)=O)c2N)C1. The summed E-state index contributed by atoms with van der Waals surface area (Å²) < 4.78 is 7.41. The predicted molar refractivity (Wildman–Crippen MR) is 118 cm³/mol. The van der Waals surface area contributed by atoms with Crippen LogP contribution in [0.1, 0.15) is 22.8 Å². The molecule has 8 nitrogen and oxygen atoms in total. The lowest BCUT2D eigenvalue weighted by molar-refractivity contribution is -0.125. The number of nitrogens with zero attached hydrogens (tertiary/aromatic N) is 3. The maximum atomic E-state index is 12.2. The van der Waals surface area contributed by atoms with Crippen molar-refractivity contribution in [3.63, 3.8) is 0 Å². The summed E-state index contributed by atoms with van der Waals surface area (Å²) in [6.07, 6.45) is 1.96. The second kappa shape index (κ2) is 8.35. The minimum absolute atomic E-state index is 0.141. The molecule has 1 saturated heterocycles. The molecule has 158 valence electrons. The summed E-state index contributed by atoms with van der Waals surface area (Å²) in [5, 5.41) is 4.60. The average Bonchev–Trinajstić information content (AvgIpc) is 3.39. The number of ether oxygens (including phenoxy) is 1. The summed E-state index contributed by atoms with van der Waals surface area (Å²) in [6.45, 7) is 4.54. The summed E-state index contributed by atoms with van der Waals surface area (Å²) in [7, 11) is 0. The molecule has 3 aromatic rings. The van der Waals surface area contributed by atoms with E-state index in [1.165, 1.54) is 6.08 Å². The number of rotatable bonds is 6. The molecular formula is C23H23N5O3. The van der Waals surface area contributed by atoms with Crippen LogP contribution in [0.4, 0.5) is 5.82 Å². The number of nitrogens with two attached hydrogens (primary N) is 2. The van der Waals surface area contributed by atoms with E-state index in [-0.39, 0.29) is 23.3 Å². The Balaban J connectivity index is 1.62. The van der Waals surface area contributed by atoms with Crippen molar-refractivity contribution in [2.75, 3.05) is 18.8 Å². The van der Waals surface area contributed by atoms with Crippen LogP contribution in [-0.4, -0.2) is 39.6 Å². The van der Waals surface area contributed by atoms with Gasteiger partial charge in [-0.2, -0.15) is 5.10 Å². The molecule has 4 rings (SSSR count). The molecule has 0 bridgehead atoms. The molecule has 2 amide bonds. The van der Waals surface area contributed by atoms with Crippen LogP contribution in [0.5, 0.6) is 11.5 Å². The zero-order chi connectivity index (χ0) is 22.0. The molecule has 31 heavy (non-hydrogen) atoms. The van der Waals surface area contributed by atoms with Crippen LogP contribution in [0.25, 0.3) is 11.3 Å². The number of aromatic nitrogens is 2. The molecule has 0 spiro atoms. The molecule has 1 unspecified atom stereocenters. The number of amides is 2. The quantitative estimate of drug-likeness (QED) is 0.598. The molecule has 4 N–H and O–H groups in total. The Hall–Kier alpha value is -4.07. The second-order valence-corrected chi connectivity index (χ2v) is 7.29. The minimum Gasteiger partial charge on any atom is -0.457 e. The summed E-state index contributed by atoms with van der Waals surface area (Å²) in [6, 6.07) is 16.5. The number of para-hydroxylation sites is 1. The van der Waals surface area contributed by atoms with E-state index >= 15 is 0 Å². The van der Waals surface area contributed by atoms with Gasteiger partial charge >= 0.3 is 0 Å². The first kappa shape index (κ1) is 20.2. The van der Waals surface area contributed by atoms with Gasteiger partial charge in [0, 0.05) is 18.7 Å². The Kier molecular flexibility index (Phi) is 5.44. The van der Waals surface area contributed by atoms with Gasteiger partial charge in [0.2, 0.25) is 5.91 Å². The Bertz CT molecular complexity index is 1120. The van der Waals surface area contributed by atoms with E-state index in [0.29, 0.717) is 36.5 Å². The van der Waals surface area contributed by atoms with E-state index < -0.39 is 5.91 Å². The third-order valence-corrected chi connectivity index (χ3v) is 5.30. The summed E-state index contributed by atoms with van der Waals surface area (Å²) in [5.41, 5.74) is 13.1. The molecule has 0 saturated carbocycles. The van der Waals surface area contributed by atoms with Gasteiger partial charge < -0.3 is 21.1 Å². The van der Waals surface area contributed by atoms with Crippen LogP contribution in [0.15, 0.2) is 67.3 Å². The van der Waals surface area contributed by atoms with Gasteiger partial charge in [0.1, 0.15) is 28.6 Å². The van der Waals surface area contributed by atoms with Crippen LogP contribution in [-0.2, 0) is 4.79 Å². The van der Waals surface area contributed by atoms with Gasteiger partial charge in [-0.15, -0.1) is 0 Å². The Morgan fingerprint density at radius 1 is 1.10 bits per heavy atom. The molecule has 1 fully saturated rings. The highest BCUT2D eigenvalue weighted by atomic mass is 16.5. The first-order valence-corrected chi connectivity index (χ1v) is 9.90. The van der Waals surface area contributed by atoms with E-state index in [4.69, 9.17) is 16.2 Å². The maximum Gasteiger partial charge on any atom is 0.254 e. The standard InChI is InChI=1S/C23H23N5O3/c1-2-19(29)27-13-12-16(14-27)28-22(24)20(23(25)30)21(26-28)15-8-10-18(11-9-15)31-17-6-4-3-5-7-17/h2-11,16H,1,12-14,24H2,(H2,25,30). The first-order chi connectivity index (χ1) is 15.0. The topological polar surface area (TPSA) is 116 Å². The van der Waals surface area contributed by atoms with Crippen molar-refractivity contribution in [3.05, 3.63) is 72.8 Å².